The van der Waals surface area contributed by atoms with E-state index in [1.165, 1.54) is 49.2 Å². The standard InChI is InChI=1S/C39H26O/c1-25-11-9-19-34-35-20-10-18-29(39(35)40-38(25)34)26-21-23-28(24-22-26)37-32-16-7-5-14-30(32)36(27-12-3-2-4-13-27)31-15-6-8-17-33(31)37/h2-24H,1H3. The van der Waals surface area contributed by atoms with Gasteiger partial charge in [-0.2, -0.15) is 0 Å². The monoisotopic (exact) mass is 510 g/mol. The molecule has 40 heavy (non-hydrogen) atoms. The molecule has 0 bridgehead atoms. The number of hydrogen-bond acceptors (Lipinski definition) is 1. The molecular formula is C39H26O. The molecule has 7 aromatic carbocycles. The maximum Gasteiger partial charge on any atom is 0.143 e. The molecule has 0 fully saturated rings. The van der Waals surface area contributed by atoms with Gasteiger partial charge < -0.3 is 4.42 Å². The van der Waals surface area contributed by atoms with E-state index in [1.54, 1.807) is 0 Å². The summed E-state index contributed by atoms with van der Waals surface area (Å²) in [6, 6.07) is 50.2. The summed E-state index contributed by atoms with van der Waals surface area (Å²) in [7, 11) is 0. The van der Waals surface area contributed by atoms with Crippen LogP contribution in [0.25, 0.3) is 76.9 Å². The van der Waals surface area contributed by atoms with E-state index in [0.717, 1.165) is 33.2 Å². The van der Waals surface area contributed by atoms with Crippen LogP contribution in [0.3, 0.4) is 0 Å². The van der Waals surface area contributed by atoms with Gasteiger partial charge in [-0.1, -0.05) is 140 Å². The van der Waals surface area contributed by atoms with Crippen LogP contribution in [0.2, 0.25) is 0 Å². The molecule has 0 unspecified atom stereocenters. The molecule has 0 amide bonds. The fourth-order valence-electron chi connectivity index (χ4n) is 6.36. The zero-order valence-electron chi connectivity index (χ0n) is 22.2. The van der Waals surface area contributed by atoms with E-state index in [9.17, 15) is 0 Å². The van der Waals surface area contributed by atoms with E-state index in [1.807, 2.05) is 0 Å². The van der Waals surface area contributed by atoms with Crippen LogP contribution < -0.4 is 0 Å². The van der Waals surface area contributed by atoms with Crippen LogP contribution in [0.1, 0.15) is 5.56 Å². The van der Waals surface area contributed by atoms with Crippen molar-refractivity contribution in [3.05, 3.63) is 145 Å². The number of benzene rings is 7. The zero-order valence-corrected chi connectivity index (χ0v) is 22.2. The van der Waals surface area contributed by atoms with Crippen LogP contribution >= 0.6 is 0 Å². The average Bonchev–Trinajstić information content (AvgIpc) is 3.41. The predicted molar refractivity (Wildman–Crippen MR) is 170 cm³/mol. The van der Waals surface area contributed by atoms with Crippen molar-refractivity contribution in [3.8, 4) is 33.4 Å². The number of furan rings is 1. The van der Waals surface area contributed by atoms with Gasteiger partial charge in [0.1, 0.15) is 11.2 Å². The summed E-state index contributed by atoms with van der Waals surface area (Å²) in [6.45, 7) is 2.11. The Kier molecular flexibility index (Phi) is 5.11. The Balaban J connectivity index is 1.34. The molecule has 1 heterocycles. The molecule has 0 N–H and O–H groups in total. The molecular weight excluding hydrogens is 484 g/mol. The first-order valence-corrected chi connectivity index (χ1v) is 13.8. The Morgan fingerprint density at radius 3 is 1.40 bits per heavy atom. The summed E-state index contributed by atoms with van der Waals surface area (Å²) in [5.74, 6) is 0. The minimum Gasteiger partial charge on any atom is -0.455 e. The van der Waals surface area contributed by atoms with Gasteiger partial charge in [-0.25, -0.2) is 0 Å². The lowest BCUT2D eigenvalue weighted by molar-refractivity contribution is 0.667. The first kappa shape index (κ1) is 22.8. The third-order valence-corrected chi connectivity index (χ3v) is 8.20. The van der Waals surface area contributed by atoms with Gasteiger partial charge in [-0.05, 0) is 61.8 Å². The molecule has 0 spiro atoms. The molecule has 8 rings (SSSR count). The van der Waals surface area contributed by atoms with Gasteiger partial charge in [0, 0.05) is 16.3 Å². The SMILES string of the molecule is Cc1cccc2c1oc1c(-c3ccc(-c4c5ccccc5c(-c5ccccc5)c5ccccc45)cc3)cccc12. The molecule has 8 aromatic rings. The molecule has 1 heteroatoms. The van der Waals surface area contributed by atoms with Crippen molar-refractivity contribution in [2.75, 3.05) is 0 Å². The van der Waals surface area contributed by atoms with Gasteiger partial charge in [0.2, 0.25) is 0 Å². The van der Waals surface area contributed by atoms with Crippen molar-refractivity contribution < 1.29 is 4.42 Å². The fourth-order valence-corrected chi connectivity index (χ4v) is 6.36. The Morgan fingerprint density at radius 1 is 0.350 bits per heavy atom. The maximum atomic E-state index is 6.45. The van der Waals surface area contributed by atoms with Crippen molar-refractivity contribution in [1.29, 1.82) is 0 Å². The summed E-state index contributed by atoms with van der Waals surface area (Å²) in [5.41, 5.74) is 10.4. The summed E-state index contributed by atoms with van der Waals surface area (Å²) >= 11 is 0. The highest BCUT2D eigenvalue weighted by molar-refractivity contribution is 6.21. The number of aryl methyl sites for hydroxylation is 1. The molecule has 188 valence electrons. The van der Waals surface area contributed by atoms with Crippen LogP contribution in [0.15, 0.2) is 144 Å². The first-order chi connectivity index (χ1) is 19.8. The van der Waals surface area contributed by atoms with Gasteiger partial charge in [-0.15, -0.1) is 0 Å². The first-order valence-electron chi connectivity index (χ1n) is 13.8. The van der Waals surface area contributed by atoms with E-state index in [4.69, 9.17) is 4.42 Å². The molecule has 0 aliphatic heterocycles. The smallest absolute Gasteiger partial charge is 0.143 e. The van der Waals surface area contributed by atoms with Crippen molar-refractivity contribution in [2.24, 2.45) is 0 Å². The minimum atomic E-state index is 0.947. The Labute approximate surface area is 232 Å². The molecule has 0 saturated heterocycles. The molecule has 0 radical (unpaired) electrons. The van der Waals surface area contributed by atoms with Gasteiger partial charge in [0.05, 0.1) is 0 Å². The second-order valence-electron chi connectivity index (χ2n) is 10.5. The number of para-hydroxylation sites is 2. The lowest BCUT2D eigenvalue weighted by atomic mass is 9.85. The second kappa shape index (κ2) is 8.97. The molecule has 1 aromatic heterocycles. The number of fused-ring (bicyclic) bond motifs is 5. The highest BCUT2D eigenvalue weighted by atomic mass is 16.3. The van der Waals surface area contributed by atoms with E-state index in [-0.39, 0.29) is 0 Å². The topological polar surface area (TPSA) is 13.1 Å². The normalized spacial score (nSPS) is 11.6. The Morgan fingerprint density at radius 2 is 0.800 bits per heavy atom. The summed E-state index contributed by atoms with van der Waals surface area (Å²) in [6.07, 6.45) is 0. The van der Waals surface area contributed by atoms with Gasteiger partial charge in [0.15, 0.2) is 0 Å². The highest BCUT2D eigenvalue weighted by Gasteiger charge is 2.17. The zero-order chi connectivity index (χ0) is 26.6. The van der Waals surface area contributed by atoms with Crippen LogP contribution in [0.5, 0.6) is 0 Å². The van der Waals surface area contributed by atoms with Crippen LogP contribution in [0.4, 0.5) is 0 Å². The van der Waals surface area contributed by atoms with Crippen molar-refractivity contribution >= 4 is 43.5 Å². The van der Waals surface area contributed by atoms with Gasteiger partial charge in [0.25, 0.3) is 0 Å². The highest BCUT2D eigenvalue weighted by Crippen LogP contribution is 2.44. The third-order valence-electron chi connectivity index (χ3n) is 8.20. The Hall–Kier alpha value is -5.14. The maximum absolute atomic E-state index is 6.45. The van der Waals surface area contributed by atoms with Crippen molar-refractivity contribution in [2.45, 2.75) is 6.92 Å². The van der Waals surface area contributed by atoms with Crippen molar-refractivity contribution in [3.63, 3.8) is 0 Å². The summed E-state index contributed by atoms with van der Waals surface area (Å²) < 4.78 is 6.45. The van der Waals surface area contributed by atoms with Crippen LogP contribution in [-0.2, 0) is 0 Å². The number of hydrogen-bond donors (Lipinski definition) is 0. The lowest BCUT2D eigenvalue weighted by Crippen LogP contribution is -1.90. The van der Waals surface area contributed by atoms with Gasteiger partial charge >= 0.3 is 0 Å². The molecule has 0 atom stereocenters. The number of rotatable bonds is 3. The van der Waals surface area contributed by atoms with Crippen LogP contribution in [-0.4, -0.2) is 0 Å². The van der Waals surface area contributed by atoms with Crippen molar-refractivity contribution in [1.82, 2.24) is 0 Å². The predicted octanol–water partition coefficient (Wildman–Crippen LogP) is 11.2. The second-order valence-corrected chi connectivity index (χ2v) is 10.5. The largest absolute Gasteiger partial charge is 0.455 e. The quantitative estimate of drug-likeness (QED) is 0.215. The molecule has 0 aliphatic rings. The molecule has 0 aliphatic carbocycles. The Bertz CT molecular complexity index is 2140. The van der Waals surface area contributed by atoms with Gasteiger partial charge in [-0.3, -0.25) is 0 Å². The minimum absolute atomic E-state index is 0.947. The summed E-state index contributed by atoms with van der Waals surface area (Å²) in [5, 5.41) is 7.41. The third kappa shape index (κ3) is 3.41. The molecule has 0 saturated carbocycles. The van der Waals surface area contributed by atoms with E-state index < -0.39 is 0 Å². The van der Waals surface area contributed by atoms with E-state index in [2.05, 4.69) is 146 Å². The van der Waals surface area contributed by atoms with E-state index in [0.29, 0.717) is 0 Å². The van der Waals surface area contributed by atoms with E-state index >= 15 is 0 Å². The fraction of sp³-hybridized carbons (Fsp3) is 0.0256. The lowest BCUT2D eigenvalue weighted by Gasteiger charge is -2.18. The van der Waals surface area contributed by atoms with Crippen LogP contribution in [0, 0.1) is 6.92 Å². The molecule has 1 nitrogen and oxygen atoms in total. The summed E-state index contributed by atoms with van der Waals surface area (Å²) in [4.78, 5) is 0. The average molecular weight is 511 g/mol.